The van der Waals surface area contributed by atoms with Crippen LogP contribution in [0.15, 0.2) is 67.3 Å². The van der Waals surface area contributed by atoms with Crippen molar-refractivity contribution < 1.29 is 9.59 Å². The zero-order valence-corrected chi connectivity index (χ0v) is 16.4. The minimum absolute atomic E-state index is 0.0416. The predicted molar refractivity (Wildman–Crippen MR) is 110 cm³/mol. The Labute approximate surface area is 169 Å². The molecule has 3 rings (SSSR count). The zero-order valence-electron chi connectivity index (χ0n) is 16.4. The maximum Gasteiger partial charge on any atom is 0.319 e. The molecule has 3 N–H and O–H groups in total. The molecule has 29 heavy (non-hydrogen) atoms. The molecule has 0 aliphatic carbocycles. The van der Waals surface area contributed by atoms with Gasteiger partial charge in [-0.15, -0.1) is 0 Å². The number of amides is 3. The highest BCUT2D eigenvalue weighted by Crippen LogP contribution is 2.16. The van der Waals surface area contributed by atoms with Gasteiger partial charge in [0.2, 0.25) is 0 Å². The molecule has 3 amide bonds. The van der Waals surface area contributed by atoms with E-state index in [2.05, 4.69) is 26.0 Å². The molecule has 8 nitrogen and oxygen atoms in total. The molecule has 1 unspecified atom stereocenters. The maximum atomic E-state index is 12.8. The van der Waals surface area contributed by atoms with Crippen LogP contribution in [0.2, 0.25) is 0 Å². The van der Waals surface area contributed by atoms with Gasteiger partial charge in [0.1, 0.15) is 12.7 Å². The number of anilines is 1. The van der Waals surface area contributed by atoms with Crippen LogP contribution in [0, 0.1) is 0 Å². The van der Waals surface area contributed by atoms with Crippen molar-refractivity contribution in [2.24, 2.45) is 0 Å². The Hall–Kier alpha value is -3.68. The third kappa shape index (κ3) is 5.90. The molecular formula is C21H24N6O2. The van der Waals surface area contributed by atoms with Gasteiger partial charge in [0, 0.05) is 17.3 Å². The molecule has 8 heteroatoms. The van der Waals surface area contributed by atoms with Crippen LogP contribution in [-0.4, -0.2) is 32.7 Å². The fourth-order valence-corrected chi connectivity index (χ4v) is 2.81. The molecule has 0 fully saturated rings. The molecule has 0 saturated carbocycles. The largest absolute Gasteiger partial charge is 0.343 e. The van der Waals surface area contributed by atoms with Gasteiger partial charge in [0.25, 0.3) is 5.91 Å². The van der Waals surface area contributed by atoms with Crippen LogP contribution in [0.5, 0.6) is 0 Å². The lowest BCUT2D eigenvalue weighted by Crippen LogP contribution is -2.34. The zero-order chi connectivity index (χ0) is 20.6. The van der Waals surface area contributed by atoms with Crippen molar-refractivity contribution in [3.8, 4) is 0 Å². The Kier molecular flexibility index (Phi) is 6.57. The van der Waals surface area contributed by atoms with Crippen LogP contribution in [0.4, 0.5) is 10.5 Å². The normalized spacial score (nSPS) is 11.7. The van der Waals surface area contributed by atoms with Crippen molar-refractivity contribution in [2.75, 3.05) is 5.32 Å². The van der Waals surface area contributed by atoms with E-state index >= 15 is 0 Å². The third-order valence-corrected chi connectivity index (χ3v) is 4.17. The SMILES string of the molecule is CC(C)NC(=O)Nc1ccc(C(=O)NC(Cn2cncn2)c2ccccc2)cc1. The minimum Gasteiger partial charge on any atom is -0.343 e. The molecule has 0 aliphatic rings. The molecule has 0 bridgehead atoms. The first-order valence-electron chi connectivity index (χ1n) is 9.37. The number of benzene rings is 2. The first-order valence-corrected chi connectivity index (χ1v) is 9.37. The van der Waals surface area contributed by atoms with Crippen LogP contribution in [0.1, 0.15) is 35.8 Å². The number of carbonyl (C=O) groups excluding carboxylic acids is 2. The monoisotopic (exact) mass is 392 g/mol. The molecule has 0 spiro atoms. The second kappa shape index (κ2) is 9.50. The third-order valence-electron chi connectivity index (χ3n) is 4.17. The number of urea groups is 1. The first kappa shape index (κ1) is 20.1. The van der Waals surface area contributed by atoms with Crippen molar-refractivity contribution in [1.29, 1.82) is 0 Å². The van der Waals surface area contributed by atoms with Gasteiger partial charge in [-0.2, -0.15) is 5.10 Å². The second-order valence-corrected chi connectivity index (χ2v) is 6.88. The second-order valence-electron chi connectivity index (χ2n) is 6.88. The smallest absolute Gasteiger partial charge is 0.319 e. The van der Waals surface area contributed by atoms with E-state index in [1.165, 1.54) is 6.33 Å². The lowest BCUT2D eigenvalue weighted by Gasteiger charge is -2.19. The lowest BCUT2D eigenvalue weighted by molar-refractivity contribution is 0.0932. The number of carbonyl (C=O) groups is 2. The standard InChI is InChI=1S/C21H24N6O2/c1-15(2)24-21(29)25-18-10-8-17(9-11-18)20(28)26-19(12-27-14-22-13-23-27)16-6-4-3-5-7-16/h3-11,13-15,19H,12H2,1-2H3,(H,26,28)(H2,24,25,29). The van der Waals surface area contributed by atoms with E-state index in [-0.39, 0.29) is 24.0 Å². The van der Waals surface area contributed by atoms with Crippen LogP contribution >= 0.6 is 0 Å². The quantitative estimate of drug-likeness (QED) is 0.575. The summed E-state index contributed by atoms with van der Waals surface area (Å²) in [6.45, 7) is 4.23. The average Bonchev–Trinajstić information content (AvgIpc) is 3.21. The van der Waals surface area contributed by atoms with Gasteiger partial charge in [-0.1, -0.05) is 30.3 Å². The highest BCUT2D eigenvalue weighted by atomic mass is 16.2. The molecule has 0 saturated heterocycles. The van der Waals surface area contributed by atoms with E-state index in [0.29, 0.717) is 17.8 Å². The number of aromatic nitrogens is 3. The predicted octanol–water partition coefficient (Wildman–Crippen LogP) is 2.98. The molecule has 0 radical (unpaired) electrons. The van der Waals surface area contributed by atoms with E-state index in [0.717, 1.165) is 5.56 Å². The summed E-state index contributed by atoms with van der Waals surface area (Å²) < 4.78 is 1.68. The average molecular weight is 392 g/mol. The molecule has 1 atom stereocenters. The summed E-state index contributed by atoms with van der Waals surface area (Å²) >= 11 is 0. The van der Waals surface area contributed by atoms with Crippen molar-refractivity contribution in [1.82, 2.24) is 25.4 Å². The Bertz CT molecular complexity index is 924. The van der Waals surface area contributed by atoms with Gasteiger partial charge < -0.3 is 16.0 Å². The van der Waals surface area contributed by atoms with Crippen LogP contribution in [-0.2, 0) is 6.54 Å². The van der Waals surface area contributed by atoms with Crippen LogP contribution < -0.4 is 16.0 Å². The van der Waals surface area contributed by atoms with E-state index in [1.54, 1.807) is 35.3 Å². The van der Waals surface area contributed by atoms with Crippen molar-refractivity contribution in [3.05, 3.63) is 78.4 Å². The molecule has 0 aliphatic heterocycles. The van der Waals surface area contributed by atoms with Crippen molar-refractivity contribution >= 4 is 17.6 Å². The number of hydrogen-bond acceptors (Lipinski definition) is 4. The summed E-state index contributed by atoms with van der Waals surface area (Å²) in [5.74, 6) is -0.211. The highest BCUT2D eigenvalue weighted by molar-refractivity contribution is 5.95. The Balaban J connectivity index is 1.68. The van der Waals surface area contributed by atoms with Crippen LogP contribution in [0.25, 0.3) is 0 Å². The van der Waals surface area contributed by atoms with Crippen LogP contribution in [0.3, 0.4) is 0 Å². The van der Waals surface area contributed by atoms with E-state index in [9.17, 15) is 9.59 Å². The van der Waals surface area contributed by atoms with Gasteiger partial charge in [-0.05, 0) is 43.7 Å². The lowest BCUT2D eigenvalue weighted by atomic mass is 10.1. The molecule has 1 aromatic heterocycles. The summed E-state index contributed by atoms with van der Waals surface area (Å²) in [5.41, 5.74) is 2.08. The number of hydrogen-bond donors (Lipinski definition) is 3. The van der Waals surface area contributed by atoms with Crippen molar-refractivity contribution in [2.45, 2.75) is 32.5 Å². The Morgan fingerprint density at radius 1 is 1.00 bits per heavy atom. The maximum absolute atomic E-state index is 12.8. The molecule has 2 aromatic carbocycles. The number of nitrogens with one attached hydrogen (secondary N) is 3. The number of rotatable bonds is 7. The minimum atomic E-state index is -0.283. The Morgan fingerprint density at radius 3 is 2.34 bits per heavy atom. The summed E-state index contributed by atoms with van der Waals surface area (Å²) in [6.07, 6.45) is 3.08. The molecule has 3 aromatic rings. The molecule has 1 heterocycles. The topological polar surface area (TPSA) is 101 Å². The summed E-state index contributed by atoms with van der Waals surface area (Å²) in [6, 6.07) is 16.0. The Morgan fingerprint density at radius 2 is 1.72 bits per heavy atom. The van der Waals surface area contributed by atoms with E-state index in [1.807, 2.05) is 44.2 Å². The molecular weight excluding hydrogens is 368 g/mol. The van der Waals surface area contributed by atoms with Gasteiger partial charge in [0.05, 0.1) is 12.6 Å². The first-order chi connectivity index (χ1) is 14.0. The number of nitrogens with zero attached hydrogens (tertiary/aromatic N) is 3. The van der Waals surface area contributed by atoms with Gasteiger partial charge in [-0.3, -0.25) is 9.48 Å². The van der Waals surface area contributed by atoms with E-state index in [4.69, 9.17) is 0 Å². The summed E-state index contributed by atoms with van der Waals surface area (Å²) in [5, 5.41) is 12.7. The van der Waals surface area contributed by atoms with Gasteiger partial charge >= 0.3 is 6.03 Å². The van der Waals surface area contributed by atoms with Gasteiger partial charge in [0.15, 0.2) is 0 Å². The van der Waals surface area contributed by atoms with Gasteiger partial charge in [-0.25, -0.2) is 9.78 Å². The fourth-order valence-electron chi connectivity index (χ4n) is 2.81. The summed E-state index contributed by atoms with van der Waals surface area (Å²) in [7, 11) is 0. The fraction of sp³-hybridized carbons (Fsp3) is 0.238. The van der Waals surface area contributed by atoms with Crippen molar-refractivity contribution in [3.63, 3.8) is 0 Å². The highest BCUT2D eigenvalue weighted by Gasteiger charge is 2.17. The van der Waals surface area contributed by atoms with E-state index < -0.39 is 0 Å². The molecule has 150 valence electrons. The summed E-state index contributed by atoms with van der Waals surface area (Å²) in [4.78, 5) is 28.5.